The molecule has 0 radical (unpaired) electrons. The molecule has 1 aromatic carbocycles. The molecule has 1 saturated heterocycles. The molecule has 1 aliphatic heterocycles. The predicted octanol–water partition coefficient (Wildman–Crippen LogP) is 2.31. The van der Waals surface area contributed by atoms with E-state index in [0.29, 0.717) is 10.7 Å². The van der Waals surface area contributed by atoms with E-state index in [1.54, 1.807) is 25.1 Å². The van der Waals surface area contributed by atoms with E-state index >= 15 is 0 Å². The Labute approximate surface area is 109 Å². The van der Waals surface area contributed by atoms with E-state index in [2.05, 4.69) is 0 Å². The van der Waals surface area contributed by atoms with Crippen molar-refractivity contribution >= 4 is 29.4 Å². The number of hydrogen-bond donors (Lipinski definition) is 1. The van der Waals surface area contributed by atoms with Crippen molar-refractivity contribution < 1.29 is 19.4 Å². The first-order chi connectivity index (χ1) is 8.49. The zero-order valence-corrected chi connectivity index (χ0v) is 10.5. The monoisotopic (exact) mass is 269 g/mol. The van der Waals surface area contributed by atoms with Crippen LogP contribution in [0.2, 0.25) is 5.02 Å². The molecule has 0 aromatic heterocycles. The number of hydrogen-bond acceptors (Lipinski definition) is 3. The quantitative estimate of drug-likeness (QED) is 0.895. The summed E-state index contributed by atoms with van der Waals surface area (Å²) < 4.78 is 4.88. The first kappa shape index (κ1) is 12.7. The van der Waals surface area contributed by atoms with Gasteiger partial charge in [-0.3, -0.25) is 9.69 Å². The molecule has 1 aromatic rings. The molecule has 18 heavy (non-hydrogen) atoms. The van der Waals surface area contributed by atoms with E-state index in [9.17, 15) is 9.59 Å². The van der Waals surface area contributed by atoms with Crippen LogP contribution in [-0.4, -0.2) is 30.3 Å². The second kappa shape index (κ2) is 4.86. The smallest absolute Gasteiger partial charge is 0.414 e. The molecule has 1 heterocycles. The van der Waals surface area contributed by atoms with Crippen LogP contribution in [0.1, 0.15) is 5.56 Å². The Kier molecular flexibility index (Phi) is 3.43. The maximum Gasteiger partial charge on any atom is 0.414 e. The molecule has 1 amide bonds. The third-order valence-electron chi connectivity index (χ3n) is 2.83. The van der Waals surface area contributed by atoms with Gasteiger partial charge in [-0.15, -0.1) is 0 Å². The van der Waals surface area contributed by atoms with Crippen LogP contribution in [0.15, 0.2) is 18.2 Å². The summed E-state index contributed by atoms with van der Waals surface area (Å²) in [6.45, 7) is 1.83. The Bertz CT molecular complexity index is 503. The molecule has 1 N–H and O–H groups in total. The fourth-order valence-electron chi connectivity index (χ4n) is 1.87. The summed E-state index contributed by atoms with van der Waals surface area (Å²) >= 11 is 5.84. The lowest BCUT2D eigenvalue weighted by atomic mass is 10.1. The molecular weight excluding hydrogens is 258 g/mol. The van der Waals surface area contributed by atoms with Gasteiger partial charge in [-0.05, 0) is 30.7 Å². The molecule has 1 fully saturated rings. The lowest BCUT2D eigenvalue weighted by molar-refractivity contribution is -0.143. The number of carbonyl (C=O) groups excluding carboxylic acids is 1. The van der Waals surface area contributed by atoms with Gasteiger partial charge in [-0.2, -0.15) is 0 Å². The minimum atomic E-state index is -0.973. The minimum absolute atomic E-state index is 0.0860. The molecule has 2 rings (SSSR count). The Morgan fingerprint density at radius 2 is 2.28 bits per heavy atom. The number of nitrogens with zero attached hydrogens (tertiary/aromatic N) is 1. The Hall–Kier alpha value is -1.75. The Morgan fingerprint density at radius 3 is 2.89 bits per heavy atom. The number of cyclic esters (lactones) is 1. The summed E-state index contributed by atoms with van der Waals surface area (Å²) in [5, 5.41) is 9.53. The average molecular weight is 270 g/mol. The van der Waals surface area contributed by atoms with Crippen LogP contribution in [0.25, 0.3) is 0 Å². The summed E-state index contributed by atoms with van der Waals surface area (Å²) in [4.78, 5) is 23.9. The number of aryl methyl sites for hydroxylation is 1. The first-order valence-electron chi connectivity index (χ1n) is 5.42. The highest BCUT2D eigenvalue weighted by atomic mass is 35.5. The van der Waals surface area contributed by atoms with E-state index in [1.807, 2.05) is 0 Å². The molecule has 0 spiro atoms. The van der Waals surface area contributed by atoms with Gasteiger partial charge in [0, 0.05) is 11.6 Å². The summed E-state index contributed by atoms with van der Waals surface area (Å²) in [6, 6.07) is 5.05. The molecule has 6 heteroatoms. The lowest BCUT2D eigenvalue weighted by Crippen LogP contribution is -2.46. The van der Waals surface area contributed by atoms with Crippen molar-refractivity contribution in [3.05, 3.63) is 28.8 Å². The van der Waals surface area contributed by atoms with Gasteiger partial charge in [0.2, 0.25) is 0 Å². The first-order valence-corrected chi connectivity index (χ1v) is 5.80. The molecule has 1 unspecified atom stereocenters. The number of halogens is 1. The van der Waals surface area contributed by atoms with Gasteiger partial charge in [-0.1, -0.05) is 11.6 Å². The minimum Gasteiger partial charge on any atom is -0.481 e. The summed E-state index contributed by atoms with van der Waals surface area (Å²) in [6.07, 6.45) is -0.530. The predicted molar refractivity (Wildman–Crippen MR) is 66.0 cm³/mol. The lowest BCUT2D eigenvalue weighted by Gasteiger charge is -2.31. The molecule has 0 saturated carbocycles. The zero-order chi connectivity index (χ0) is 13.3. The highest BCUT2D eigenvalue weighted by Gasteiger charge is 2.33. The van der Waals surface area contributed by atoms with Gasteiger partial charge < -0.3 is 9.84 Å². The third kappa shape index (κ3) is 2.41. The van der Waals surface area contributed by atoms with Crippen LogP contribution in [0, 0.1) is 12.8 Å². The average Bonchev–Trinajstić information content (AvgIpc) is 2.30. The van der Waals surface area contributed by atoms with Gasteiger partial charge in [0.1, 0.15) is 12.5 Å². The number of amides is 1. The largest absolute Gasteiger partial charge is 0.481 e. The Morgan fingerprint density at radius 1 is 1.56 bits per heavy atom. The number of aliphatic carboxylic acids is 1. The van der Waals surface area contributed by atoms with Crippen molar-refractivity contribution in [2.24, 2.45) is 5.92 Å². The standard InChI is InChI=1S/C12H12ClNO4/c1-7-4-9(13)2-3-10(7)14-5-8(11(15)16)6-18-12(14)17/h2-4,8H,5-6H2,1H3,(H,15,16). The summed E-state index contributed by atoms with van der Waals surface area (Å²) in [5.74, 6) is -1.68. The molecule has 0 bridgehead atoms. The van der Waals surface area contributed by atoms with Crippen molar-refractivity contribution in [3.8, 4) is 0 Å². The van der Waals surface area contributed by atoms with Crippen LogP contribution in [0.3, 0.4) is 0 Å². The van der Waals surface area contributed by atoms with Crippen molar-refractivity contribution in [2.45, 2.75) is 6.92 Å². The number of carboxylic acids is 1. The number of carbonyl (C=O) groups is 2. The van der Waals surface area contributed by atoms with Crippen molar-refractivity contribution in [1.82, 2.24) is 0 Å². The van der Waals surface area contributed by atoms with Crippen molar-refractivity contribution in [3.63, 3.8) is 0 Å². The molecule has 5 nitrogen and oxygen atoms in total. The third-order valence-corrected chi connectivity index (χ3v) is 3.07. The number of ether oxygens (including phenoxy) is 1. The maximum absolute atomic E-state index is 11.7. The van der Waals surface area contributed by atoms with Crippen LogP contribution >= 0.6 is 11.6 Å². The SMILES string of the molecule is Cc1cc(Cl)ccc1N1CC(C(=O)O)COC1=O. The molecular formula is C12H12ClNO4. The Balaban J connectivity index is 2.29. The van der Waals surface area contributed by atoms with Gasteiger partial charge in [0.05, 0.1) is 5.69 Å². The fourth-order valence-corrected chi connectivity index (χ4v) is 2.09. The topological polar surface area (TPSA) is 66.8 Å². The van der Waals surface area contributed by atoms with Gasteiger partial charge in [0.25, 0.3) is 0 Å². The highest BCUT2D eigenvalue weighted by Crippen LogP contribution is 2.27. The number of rotatable bonds is 2. The molecule has 1 aliphatic rings. The van der Waals surface area contributed by atoms with Gasteiger partial charge in [0.15, 0.2) is 0 Å². The highest BCUT2D eigenvalue weighted by molar-refractivity contribution is 6.30. The number of carboxylic acid groups (broad SMARTS) is 1. The molecule has 96 valence electrons. The molecule has 1 atom stereocenters. The van der Waals surface area contributed by atoms with E-state index in [-0.39, 0.29) is 13.2 Å². The van der Waals surface area contributed by atoms with Crippen LogP contribution in [0.4, 0.5) is 10.5 Å². The zero-order valence-electron chi connectivity index (χ0n) is 9.72. The summed E-state index contributed by atoms with van der Waals surface area (Å²) in [5.41, 5.74) is 1.42. The van der Waals surface area contributed by atoms with Gasteiger partial charge >= 0.3 is 12.1 Å². The van der Waals surface area contributed by atoms with E-state index in [0.717, 1.165) is 5.56 Å². The normalized spacial score (nSPS) is 19.6. The van der Waals surface area contributed by atoms with E-state index < -0.39 is 18.0 Å². The second-order valence-electron chi connectivity index (χ2n) is 4.15. The summed E-state index contributed by atoms with van der Waals surface area (Å²) in [7, 11) is 0. The second-order valence-corrected chi connectivity index (χ2v) is 4.59. The number of benzene rings is 1. The van der Waals surface area contributed by atoms with Crippen LogP contribution in [-0.2, 0) is 9.53 Å². The van der Waals surface area contributed by atoms with E-state index in [1.165, 1.54) is 4.90 Å². The van der Waals surface area contributed by atoms with Crippen molar-refractivity contribution in [1.29, 1.82) is 0 Å². The number of anilines is 1. The van der Waals surface area contributed by atoms with Crippen LogP contribution < -0.4 is 4.90 Å². The maximum atomic E-state index is 11.7. The molecule has 0 aliphatic carbocycles. The fraction of sp³-hybridized carbons (Fsp3) is 0.333. The van der Waals surface area contributed by atoms with Gasteiger partial charge in [-0.25, -0.2) is 4.79 Å². The van der Waals surface area contributed by atoms with E-state index in [4.69, 9.17) is 21.4 Å². The van der Waals surface area contributed by atoms with Crippen molar-refractivity contribution in [2.75, 3.05) is 18.1 Å². The van der Waals surface area contributed by atoms with Crippen LogP contribution in [0.5, 0.6) is 0 Å².